The third-order valence-corrected chi connectivity index (χ3v) is 3.42. The molecule has 2 rings (SSSR count). The first kappa shape index (κ1) is 12.2. The smallest absolute Gasteiger partial charge is 0.215 e. The Bertz CT molecular complexity index is 333. The van der Waals surface area contributed by atoms with E-state index in [-0.39, 0.29) is 0 Å². The Balaban J connectivity index is 1.83. The molecule has 0 unspecified atom stereocenters. The lowest BCUT2D eigenvalue weighted by Gasteiger charge is -2.14. The van der Waals surface area contributed by atoms with Gasteiger partial charge in [0.1, 0.15) is 5.82 Å². The molecule has 3 nitrogen and oxygen atoms in total. The number of aromatic nitrogens is 1. The summed E-state index contributed by atoms with van der Waals surface area (Å²) in [5.74, 6) is 2.32. The Hall–Kier alpha value is -1.25. The maximum Gasteiger partial charge on any atom is 0.215 e. The Morgan fingerprint density at radius 1 is 1.24 bits per heavy atom. The minimum atomic E-state index is 0.720. The van der Waals surface area contributed by atoms with Gasteiger partial charge in [-0.05, 0) is 24.8 Å². The van der Waals surface area contributed by atoms with Crippen LogP contribution in [0.4, 0.5) is 5.82 Å². The molecule has 1 aromatic rings. The van der Waals surface area contributed by atoms with E-state index in [0.717, 1.165) is 24.2 Å². The summed E-state index contributed by atoms with van der Waals surface area (Å²) >= 11 is 0. The van der Waals surface area contributed by atoms with Crippen LogP contribution >= 0.6 is 0 Å². The third kappa shape index (κ3) is 3.91. The van der Waals surface area contributed by atoms with Crippen molar-refractivity contribution in [2.24, 2.45) is 5.92 Å². The van der Waals surface area contributed by atoms with Gasteiger partial charge in [0, 0.05) is 13.1 Å². The van der Waals surface area contributed by atoms with Gasteiger partial charge < -0.3 is 10.1 Å². The monoisotopic (exact) mass is 234 g/mol. The van der Waals surface area contributed by atoms with Gasteiger partial charge in [-0.1, -0.05) is 31.7 Å². The van der Waals surface area contributed by atoms with Crippen LogP contribution in [0.15, 0.2) is 18.2 Å². The Kier molecular flexibility index (Phi) is 4.65. The molecular weight excluding hydrogens is 212 g/mol. The number of nitrogens with one attached hydrogen (secondary N) is 1. The van der Waals surface area contributed by atoms with Crippen LogP contribution in [0.25, 0.3) is 0 Å². The maximum atomic E-state index is 5.79. The minimum absolute atomic E-state index is 0.720. The highest BCUT2D eigenvalue weighted by Crippen LogP contribution is 2.23. The molecule has 17 heavy (non-hydrogen) atoms. The van der Waals surface area contributed by atoms with Crippen molar-refractivity contribution >= 4 is 5.82 Å². The number of ether oxygens (including phenoxy) is 1. The van der Waals surface area contributed by atoms with Gasteiger partial charge in [0.05, 0.1) is 6.61 Å². The first-order chi connectivity index (χ1) is 8.38. The highest BCUT2D eigenvalue weighted by Gasteiger charge is 2.13. The second-order valence-corrected chi connectivity index (χ2v) is 4.78. The fourth-order valence-corrected chi connectivity index (χ4v) is 2.37. The Morgan fingerprint density at radius 2 is 2.00 bits per heavy atom. The van der Waals surface area contributed by atoms with Crippen molar-refractivity contribution in [1.29, 1.82) is 0 Å². The summed E-state index contributed by atoms with van der Waals surface area (Å²) in [4.78, 5) is 4.37. The lowest BCUT2D eigenvalue weighted by atomic mass is 10.0. The van der Waals surface area contributed by atoms with Gasteiger partial charge in [-0.3, -0.25) is 0 Å². The van der Waals surface area contributed by atoms with Crippen molar-refractivity contribution in [3.05, 3.63) is 18.2 Å². The molecule has 0 radical (unpaired) electrons. The molecule has 1 N–H and O–H groups in total. The van der Waals surface area contributed by atoms with Crippen molar-refractivity contribution in [2.75, 3.05) is 19.0 Å². The largest absolute Gasteiger partial charge is 0.477 e. The molecule has 0 aromatic carbocycles. The molecule has 0 saturated heterocycles. The second kappa shape index (κ2) is 6.48. The van der Waals surface area contributed by atoms with Gasteiger partial charge in [0.2, 0.25) is 5.88 Å². The zero-order valence-corrected chi connectivity index (χ0v) is 10.6. The maximum absolute atomic E-state index is 5.79. The molecule has 0 aliphatic heterocycles. The van der Waals surface area contributed by atoms with Crippen LogP contribution in [-0.4, -0.2) is 18.6 Å². The van der Waals surface area contributed by atoms with Crippen molar-refractivity contribution in [2.45, 2.75) is 38.5 Å². The summed E-state index contributed by atoms with van der Waals surface area (Å²) < 4.78 is 5.79. The quantitative estimate of drug-likeness (QED) is 0.810. The van der Waals surface area contributed by atoms with E-state index in [1.807, 2.05) is 25.2 Å². The van der Waals surface area contributed by atoms with Gasteiger partial charge in [-0.15, -0.1) is 0 Å². The van der Waals surface area contributed by atoms with Crippen LogP contribution < -0.4 is 10.1 Å². The molecule has 0 atom stereocenters. The van der Waals surface area contributed by atoms with Crippen LogP contribution in [-0.2, 0) is 0 Å². The van der Waals surface area contributed by atoms with E-state index in [1.54, 1.807) is 0 Å². The zero-order valence-electron chi connectivity index (χ0n) is 10.6. The van der Waals surface area contributed by atoms with E-state index in [4.69, 9.17) is 4.74 Å². The molecule has 0 bridgehead atoms. The summed E-state index contributed by atoms with van der Waals surface area (Å²) in [6.07, 6.45) is 8.13. The van der Waals surface area contributed by atoms with E-state index < -0.39 is 0 Å². The fraction of sp³-hybridized carbons (Fsp3) is 0.643. The number of hydrogen-bond donors (Lipinski definition) is 1. The first-order valence-electron chi connectivity index (χ1n) is 6.66. The van der Waals surface area contributed by atoms with Crippen LogP contribution in [0.3, 0.4) is 0 Å². The molecule has 1 aliphatic rings. The van der Waals surface area contributed by atoms with E-state index in [2.05, 4.69) is 10.3 Å². The minimum Gasteiger partial charge on any atom is -0.477 e. The average molecular weight is 234 g/mol. The summed E-state index contributed by atoms with van der Waals surface area (Å²) in [5, 5.41) is 3.02. The highest BCUT2D eigenvalue weighted by molar-refractivity contribution is 5.35. The molecule has 1 heterocycles. The number of rotatable bonds is 4. The standard InChI is InChI=1S/C14H22N2O/c1-15-13-9-6-10-14(16-13)17-11-12-7-4-2-3-5-8-12/h6,9-10,12H,2-5,7-8,11H2,1H3,(H,15,16). The predicted molar refractivity (Wildman–Crippen MR) is 70.5 cm³/mol. The van der Waals surface area contributed by atoms with E-state index in [0.29, 0.717) is 0 Å². The van der Waals surface area contributed by atoms with Crippen molar-refractivity contribution in [1.82, 2.24) is 4.98 Å². The summed E-state index contributed by atoms with van der Waals surface area (Å²) in [6.45, 7) is 0.820. The van der Waals surface area contributed by atoms with Crippen LogP contribution in [0.1, 0.15) is 38.5 Å². The number of anilines is 1. The van der Waals surface area contributed by atoms with Crippen molar-refractivity contribution < 1.29 is 4.74 Å². The molecule has 0 amide bonds. The topological polar surface area (TPSA) is 34.1 Å². The van der Waals surface area contributed by atoms with Gasteiger partial charge in [0.15, 0.2) is 0 Å². The molecule has 1 fully saturated rings. The average Bonchev–Trinajstić information content (AvgIpc) is 2.65. The summed E-state index contributed by atoms with van der Waals surface area (Å²) in [6, 6.07) is 5.84. The molecule has 94 valence electrons. The fourth-order valence-electron chi connectivity index (χ4n) is 2.37. The second-order valence-electron chi connectivity index (χ2n) is 4.78. The van der Waals surface area contributed by atoms with E-state index in [9.17, 15) is 0 Å². The molecular formula is C14H22N2O. The molecule has 1 saturated carbocycles. The van der Waals surface area contributed by atoms with Crippen molar-refractivity contribution in [3.63, 3.8) is 0 Å². The van der Waals surface area contributed by atoms with Crippen LogP contribution in [0.2, 0.25) is 0 Å². The zero-order chi connectivity index (χ0) is 11.9. The molecule has 1 aromatic heterocycles. The first-order valence-corrected chi connectivity index (χ1v) is 6.66. The van der Waals surface area contributed by atoms with Crippen LogP contribution in [0.5, 0.6) is 5.88 Å². The molecule has 0 spiro atoms. The summed E-state index contributed by atoms with van der Waals surface area (Å²) in [5.41, 5.74) is 0. The Morgan fingerprint density at radius 3 is 2.71 bits per heavy atom. The van der Waals surface area contributed by atoms with Gasteiger partial charge >= 0.3 is 0 Å². The lowest BCUT2D eigenvalue weighted by Crippen LogP contribution is -2.12. The van der Waals surface area contributed by atoms with Gasteiger partial charge in [0.25, 0.3) is 0 Å². The Labute approximate surface area is 104 Å². The lowest BCUT2D eigenvalue weighted by molar-refractivity contribution is 0.226. The number of pyridine rings is 1. The van der Waals surface area contributed by atoms with E-state index in [1.165, 1.54) is 38.5 Å². The van der Waals surface area contributed by atoms with Crippen molar-refractivity contribution in [3.8, 4) is 5.88 Å². The third-order valence-electron chi connectivity index (χ3n) is 3.42. The van der Waals surface area contributed by atoms with Gasteiger partial charge in [-0.25, -0.2) is 0 Å². The van der Waals surface area contributed by atoms with Crippen LogP contribution in [0, 0.1) is 5.92 Å². The molecule has 3 heteroatoms. The van der Waals surface area contributed by atoms with E-state index >= 15 is 0 Å². The molecule has 1 aliphatic carbocycles. The predicted octanol–water partition coefficient (Wildman–Crippen LogP) is 3.47. The van der Waals surface area contributed by atoms with Gasteiger partial charge in [-0.2, -0.15) is 4.98 Å². The SMILES string of the molecule is CNc1cccc(OCC2CCCCCC2)n1. The number of hydrogen-bond acceptors (Lipinski definition) is 3. The highest BCUT2D eigenvalue weighted by atomic mass is 16.5. The normalized spacial score (nSPS) is 17.5. The number of nitrogens with zero attached hydrogens (tertiary/aromatic N) is 1. The summed E-state index contributed by atoms with van der Waals surface area (Å²) in [7, 11) is 1.87.